The van der Waals surface area contributed by atoms with E-state index in [-0.39, 0.29) is 5.69 Å². The normalized spacial score (nSPS) is 14.7. The topological polar surface area (TPSA) is 92.1 Å². The molecule has 0 saturated heterocycles. The second-order valence-electron chi connectivity index (χ2n) is 5.17. The molecule has 120 valence electrons. The van der Waals surface area contributed by atoms with Crippen LogP contribution in [0.15, 0.2) is 17.1 Å². The number of fused-ring (bicyclic) bond motifs is 1. The highest BCUT2D eigenvalue weighted by molar-refractivity contribution is 6.29. The summed E-state index contributed by atoms with van der Waals surface area (Å²) in [5.41, 5.74) is 6.23. The molecule has 2 N–H and O–H groups in total. The number of pyridine rings is 1. The molecule has 1 aliphatic carbocycles. The van der Waals surface area contributed by atoms with Gasteiger partial charge >= 0.3 is 11.8 Å². The first-order chi connectivity index (χ1) is 10.5. The minimum absolute atomic E-state index is 0.0379. The van der Waals surface area contributed by atoms with E-state index in [9.17, 15) is 9.59 Å². The van der Waals surface area contributed by atoms with Crippen LogP contribution in [-0.4, -0.2) is 27.3 Å². The lowest BCUT2D eigenvalue weighted by atomic mass is 10.2. The number of aromatic nitrogens is 3. The van der Waals surface area contributed by atoms with Gasteiger partial charge in [-0.2, -0.15) is 0 Å². The molecule has 0 bridgehead atoms. The molecule has 1 saturated carbocycles. The summed E-state index contributed by atoms with van der Waals surface area (Å²) in [5.74, 6) is 0. The van der Waals surface area contributed by atoms with Crippen LogP contribution in [0.25, 0.3) is 11.0 Å². The molecule has 1 aliphatic rings. The number of imidazole rings is 1. The largest absolute Gasteiger partial charge is 0.453 e. The average Bonchev–Trinajstić information content (AvgIpc) is 3.08. The number of ether oxygens (including phenoxy) is 1. The van der Waals surface area contributed by atoms with Crippen LogP contribution < -0.4 is 11.4 Å². The molecule has 8 heteroatoms. The Morgan fingerprint density at radius 3 is 2.55 bits per heavy atom. The van der Waals surface area contributed by atoms with Crippen LogP contribution in [0.4, 0.5) is 4.79 Å². The van der Waals surface area contributed by atoms with Crippen molar-refractivity contribution >= 4 is 28.7 Å². The number of hydrogen-bond acceptors (Lipinski definition) is 4. The zero-order chi connectivity index (χ0) is 16.3. The Labute approximate surface area is 132 Å². The van der Waals surface area contributed by atoms with Gasteiger partial charge in [0.25, 0.3) is 0 Å². The zero-order valence-corrected chi connectivity index (χ0v) is 13.3. The summed E-state index contributed by atoms with van der Waals surface area (Å²) in [6.07, 6.45) is 5.49. The first-order valence-electron chi connectivity index (χ1n) is 7.01. The standard InChI is InChI=1S/C12H14ClN3O.C2H5NO2/c1-15-10-7-14-11(13)6-9(10)16(12(15)17)8-4-2-3-5-8;1-5-2(3)4/h6-8H,2-5H2,1H3;1H3,(H2,3,4). The van der Waals surface area contributed by atoms with Gasteiger partial charge in [0, 0.05) is 19.2 Å². The van der Waals surface area contributed by atoms with Gasteiger partial charge in [0.15, 0.2) is 0 Å². The van der Waals surface area contributed by atoms with Crippen LogP contribution in [-0.2, 0) is 11.8 Å². The fourth-order valence-electron chi connectivity index (χ4n) is 2.75. The molecule has 0 aromatic carbocycles. The molecule has 2 heterocycles. The fourth-order valence-corrected chi connectivity index (χ4v) is 2.90. The number of aryl methyl sites for hydroxylation is 1. The molecule has 7 nitrogen and oxygen atoms in total. The third-order valence-corrected chi connectivity index (χ3v) is 4.04. The van der Waals surface area contributed by atoms with Crippen molar-refractivity contribution in [3.05, 3.63) is 27.9 Å². The van der Waals surface area contributed by atoms with E-state index in [1.54, 1.807) is 23.9 Å². The number of halogens is 1. The van der Waals surface area contributed by atoms with Crippen molar-refractivity contribution in [1.82, 2.24) is 14.1 Å². The SMILES string of the molecule is COC(N)=O.Cn1c(=O)n(C2CCCC2)c2cc(Cl)ncc21. The third-order valence-electron chi connectivity index (χ3n) is 3.83. The molecule has 0 radical (unpaired) electrons. The number of hydrogen-bond donors (Lipinski definition) is 1. The van der Waals surface area contributed by atoms with Crippen LogP contribution in [0, 0.1) is 0 Å². The number of nitrogens with two attached hydrogens (primary N) is 1. The van der Waals surface area contributed by atoms with E-state index >= 15 is 0 Å². The number of methoxy groups -OCH3 is 1. The van der Waals surface area contributed by atoms with Gasteiger partial charge in [0.2, 0.25) is 0 Å². The van der Waals surface area contributed by atoms with E-state index in [2.05, 4.69) is 15.5 Å². The molecule has 1 amide bonds. The molecule has 2 aromatic heterocycles. The lowest BCUT2D eigenvalue weighted by Gasteiger charge is -2.10. The van der Waals surface area contributed by atoms with Crippen LogP contribution >= 0.6 is 11.6 Å². The van der Waals surface area contributed by atoms with Crippen molar-refractivity contribution in [2.24, 2.45) is 12.8 Å². The molecule has 0 unspecified atom stereocenters. The summed E-state index contributed by atoms with van der Waals surface area (Å²) in [5, 5.41) is 0.440. The second kappa shape index (κ2) is 6.83. The Balaban J connectivity index is 0.000000309. The van der Waals surface area contributed by atoms with Gasteiger partial charge in [-0.25, -0.2) is 14.6 Å². The number of carbonyl (C=O) groups is 1. The maximum Gasteiger partial charge on any atom is 0.404 e. The first kappa shape index (κ1) is 16.4. The van der Waals surface area contributed by atoms with E-state index in [0.29, 0.717) is 11.2 Å². The van der Waals surface area contributed by atoms with Gasteiger partial charge in [-0.3, -0.25) is 9.13 Å². The molecule has 2 aromatic rings. The molecule has 0 spiro atoms. The van der Waals surface area contributed by atoms with Gasteiger partial charge in [0.1, 0.15) is 5.15 Å². The maximum atomic E-state index is 12.2. The number of carbonyl (C=O) groups excluding carboxylic acids is 1. The summed E-state index contributed by atoms with van der Waals surface area (Å²) in [6.45, 7) is 0. The van der Waals surface area contributed by atoms with E-state index in [1.165, 1.54) is 20.0 Å². The summed E-state index contributed by atoms with van der Waals surface area (Å²) < 4.78 is 7.42. The van der Waals surface area contributed by atoms with Crippen molar-refractivity contribution in [3.63, 3.8) is 0 Å². The maximum absolute atomic E-state index is 12.2. The van der Waals surface area contributed by atoms with Gasteiger partial charge in [0.05, 0.1) is 24.3 Å². The van der Waals surface area contributed by atoms with Crippen molar-refractivity contribution in [3.8, 4) is 0 Å². The van der Waals surface area contributed by atoms with Gasteiger partial charge in [-0.1, -0.05) is 24.4 Å². The summed E-state index contributed by atoms with van der Waals surface area (Å²) >= 11 is 5.92. The Bertz CT molecular complexity index is 731. The highest BCUT2D eigenvalue weighted by Crippen LogP contribution is 2.31. The van der Waals surface area contributed by atoms with E-state index < -0.39 is 6.09 Å². The molecule has 0 atom stereocenters. The van der Waals surface area contributed by atoms with Gasteiger partial charge < -0.3 is 10.5 Å². The highest BCUT2D eigenvalue weighted by atomic mass is 35.5. The van der Waals surface area contributed by atoms with Crippen LogP contribution in [0.1, 0.15) is 31.7 Å². The average molecular weight is 327 g/mol. The van der Waals surface area contributed by atoms with Crippen molar-refractivity contribution < 1.29 is 9.53 Å². The fraction of sp³-hybridized carbons (Fsp3) is 0.500. The lowest BCUT2D eigenvalue weighted by Crippen LogP contribution is -2.24. The predicted octanol–water partition coefficient (Wildman–Crippen LogP) is 2.21. The minimum Gasteiger partial charge on any atom is -0.453 e. The lowest BCUT2D eigenvalue weighted by molar-refractivity contribution is 0.182. The van der Waals surface area contributed by atoms with Crippen LogP contribution in [0.3, 0.4) is 0 Å². The van der Waals surface area contributed by atoms with E-state index in [1.807, 2.05) is 4.57 Å². The Morgan fingerprint density at radius 2 is 2.00 bits per heavy atom. The van der Waals surface area contributed by atoms with Gasteiger partial charge in [-0.05, 0) is 12.8 Å². The smallest absolute Gasteiger partial charge is 0.404 e. The summed E-state index contributed by atoms with van der Waals surface area (Å²) in [7, 11) is 3.01. The Kier molecular flexibility index (Phi) is 5.07. The third kappa shape index (κ3) is 3.24. The van der Waals surface area contributed by atoms with Crippen molar-refractivity contribution in [2.75, 3.05) is 7.11 Å². The monoisotopic (exact) mass is 326 g/mol. The molecule has 22 heavy (non-hydrogen) atoms. The summed E-state index contributed by atoms with van der Waals surface area (Å²) in [4.78, 5) is 25.7. The Morgan fingerprint density at radius 1 is 1.41 bits per heavy atom. The minimum atomic E-state index is -0.745. The summed E-state index contributed by atoms with van der Waals surface area (Å²) in [6, 6.07) is 2.11. The van der Waals surface area contributed by atoms with E-state index in [4.69, 9.17) is 11.6 Å². The predicted molar refractivity (Wildman–Crippen MR) is 84.1 cm³/mol. The van der Waals surface area contributed by atoms with E-state index in [0.717, 1.165) is 23.9 Å². The molecule has 1 fully saturated rings. The molecular formula is C14H19ClN4O3. The quantitative estimate of drug-likeness (QED) is 0.813. The molecule has 0 aliphatic heterocycles. The van der Waals surface area contributed by atoms with Gasteiger partial charge in [-0.15, -0.1) is 0 Å². The highest BCUT2D eigenvalue weighted by Gasteiger charge is 2.22. The zero-order valence-electron chi connectivity index (χ0n) is 12.6. The first-order valence-corrected chi connectivity index (χ1v) is 7.39. The number of primary amides is 1. The van der Waals surface area contributed by atoms with Crippen molar-refractivity contribution in [1.29, 1.82) is 0 Å². The number of rotatable bonds is 1. The number of amides is 1. The Hall–Kier alpha value is -2.02. The molecular weight excluding hydrogens is 308 g/mol. The van der Waals surface area contributed by atoms with Crippen LogP contribution in [0.5, 0.6) is 0 Å². The number of nitrogens with zero attached hydrogens (tertiary/aromatic N) is 3. The molecule has 3 rings (SSSR count). The van der Waals surface area contributed by atoms with Crippen molar-refractivity contribution in [2.45, 2.75) is 31.7 Å². The second-order valence-corrected chi connectivity index (χ2v) is 5.56. The van der Waals surface area contributed by atoms with Crippen LogP contribution in [0.2, 0.25) is 5.15 Å².